The number of aldehydes is 1. The van der Waals surface area contributed by atoms with Gasteiger partial charge in [0, 0.05) is 17.2 Å². The third-order valence-corrected chi connectivity index (χ3v) is 3.77. The number of aromatic hydroxyl groups is 1. The standard InChI is InChI=1S/C16H11F2NO5/c17-11-5-10(14(21)6-12(11)18)16(23)8-19(24-15(22)7-20)13-4-2-1-3-9(13)16/h1-7,21,23H,8H2. The second-order valence-electron chi connectivity index (χ2n) is 5.23. The molecule has 1 atom stereocenters. The van der Waals surface area contributed by atoms with Crippen LogP contribution in [-0.2, 0) is 20.0 Å². The molecular formula is C16H11F2NO5. The maximum absolute atomic E-state index is 13.6. The monoisotopic (exact) mass is 335 g/mol. The SMILES string of the molecule is O=CC(=O)ON1CC(O)(c2cc(F)c(F)cc2O)c2ccccc21. The summed E-state index contributed by atoms with van der Waals surface area (Å²) < 4.78 is 26.8. The number of carbonyl (C=O) groups excluding carboxylic acids is 2. The molecule has 2 aromatic carbocycles. The topological polar surface area (TPSA) is 87.1 Å². The highest BCUT2D eigenvalue weighted by Crippen LogP contribution is 2.46. The van der Waals surface area contributed by atoms with E-state index < -0.39 is 35.5 Å². The molecule has 0 bridgehead atoms. The summed E-state index contributed by atoms with van der Waals surface area (Å²) in [5.41, 5.74) is -1.82. The van der Waals surface area contributed by atoms with Gasteiger partial charge in [0.2, 0.25) is 6.29 Å². The van der Waals surface area contributed by atoms with Gasteiger partial charge in [-0.15, -0.1) is 0 Å². The smallest absolute Gasteiger partial charge is 0.395 e. The van der Waals surface area contributed by atoms with Crippen LogP contribution < -0.4 is 5.06 Å². The van der Waals surface area contributed by atoms with E-state index in [4.69, 9.17) is 4.84 Å². The molecule has 0 aromatic heterocycles. The molecule has 6 nitrogen and oxygen atoms in total. The van der Waals surface area contributed by atoms with Crippen LogP contribution >= 0.6 is 0 Å². The third-order valence-electron chi connectivity index (χ3n) is 3.77. The van der Waals surface area contributed by atoms with Crippen molar-refractivity contribution in [3.8, 4) is 5.75 Å². The fourth-order valence-corrected chi connectivity index (χ4v) is 2.73. The van der Waals surface area contributed by atoms with E-state index in [1.807, 2.05) is 0 Å². The molecule has 0 fully saturated rings. The lowest BCUT2D eigenvalue weighted by Gasteiger charge is -2.25. The number of benzene rings is 2. The quantitative estimate of drug-likeness (QED) is 0.651. The van der Waals surface area contributed by atoms with E-state index in [1.54, 1.807) is 12.1 Å². The van der Waals surface area contributed by atoms with Gasteiger partial charge in [0.15, 0.2) is 11.6 Å². The third kappa shape index (κ3) is 2.37. The number of hydroxylamine groups is 1. The van der Waals surface area contributed by atoms with Crippen LogP contribution in [0.5, 0.6) is 5.75 Å². The fourth-order valence-electron chi connectivity index (χ4n) is 2.73. The predicted molar refractivity (Wildman–Crippen MR) is 77.0 cm³/mol. The van der Waals surface area contributed by atoms with E-state index in [-0.39, 0.29) is 23.1 Å². The molecule has 1 aliphatic heterocycles. The van der Waals surface area contributed by atoms with Gasteiger partial charge >= 0.3 is 5.97 Å². The van der Waals surface area contributed by atoms with Gasteiger partial charge in [0.25, 0.3) is 0 Å². The minimum Gasteiger partial charge on any atom is -0.507 e. The molecule has 0 saturated carbocycles. The number of phenolic OH excluding ortho intramolecular Hbond substituents is 1. The van der Waals surface area contributed by atoms with Gasteiger partial charge in [-0.05, 0) is 12.1 Å². The summed E-state index contributed by atoms with van der Waals surface area (Å²) in [6.45, 7) is -0.412. The highest BCUT2D eigenvalue weighted by Gasteiger charge is 2.46. The van der Waals surface area contributed by atoms with E-state index in [2.05, 4.69) is 0 Å². The normalized spacial score (nSPS) is 19.0. The van der Waals surface area contributed by atoms with Gasteiger partial charge in [0.05, 0.1) is 12.2 Å². The molecule has 2 N–H and O–H groups in total. The van der Waals surface area contributed by atoms with Crippen molar-refractivity contribution in [3.63, 3.8) is 0 Å². The van der Waals surface area contributed by atoms with Crippen molar-refractivity contribution >= 4 is 17.9 Å². The van der Waals surface area contributed by atoms with Crippen LogP contribution in [0.4, 0.5) is 14.5 Å². The van der Waals surface area contributed by atoms with Crippen molar-refractivity contribution in [2.24, 2.45) is 0 Å². The number of nitrogens with zero attached hydrogens (tertiary/aromatic N) is 1. The molecule has 1 heterocycles. The summed E-state index contributed by atoms with van der Waals surface area (Å²) in [6.07, 6.45) is -0.0466. The molecule has 2 aromatic rings. The molecule has 0 amide bonds. The zero-order valence-corrected chi connectivity index (χ0v) is 12.1. The van der Waals surface area contributed by atoms with Crippen LogP contribution in [0.25, 0.3) is 0 Å². The summed E-state index contributed by atoms with van der Waals surface area (Å²) in [5.74, 6) is -4.37. The number of fused-ring (bicyclic) bond motifs is 1. The molecule has 1 aliphatic rings. The minimum atomic E-state index is -1.97. The number of β-amino-alcohol motifs (C(OH)–C–C–N with tert-alkyl or cyclic N) is 1. The Morgan fingerprint density at radius 2 is 1.88 bits per heavy atom. The number of para-hydroxylation sites is 1. The number of halogens is 2. The molecule has 3 rings (SSSR count). The molecule has 24 heavy (non-hydrogen) atoms. The molecule has 0 saturated heterocycles. The second kappa shape index (κ2) is 5.57. The first-order valence-electron chi connectivity index (χ1n) is 6.82. The first-order chi connectivity index (χ1) is 11.4. The van der Waals surface area contributed by atoms with Gasteiger partial charge in [-0.3, -0.25) is 4.79 Å². The number of hydrogen-bond donors (Lipinski definition) is 2. The van der Waals surface area contributed by atoms with Gasteiger partial charge in [-0.2, -0.15) is 0 Å². The largest absolute Gasteiger partial charge is 0.507 e. The minimum absolute atomic E-state index is 0.0466. The maximum Gasteiger partial charge on any atom is 0.395 e. The Bertz CT molecular complexity index is 841. The predicted octanol–water partition coefficient (Wildman–Crippen LogP) is 1.38. The van der Waals surface area contributed by atoms with Crippen molar-refractivity contribution in [2.45, 2.75) is 5.60 Å². The molecular weight excluding hydrogens is 324 g/mol. The Morgan fingerprint density at radius 3 is 2.58 bits per heavy atom. The molecule has 0 aliphatic carbocycles. The van der Waals surface area contributed by atoms with Crippen LogP contribution in [0.15, 0.2) is 36.4 Å². The van der Waals surface area contributed by atoms with Crippen molar-refractivity contribution in [1.82, 2.24) is 0 Å². The number of phenols is 1. The van der Waals surface area contributed by atoms with E-state index in [9.17, 15) is 28.6 Å². The second-order valence-corrected chi connectivity index (χ2v) is 5.23. The molecule has 124 valence electrons. The average Bonchev–Trinajstić information content (AvgIpc) is 2.84. The Hall–Kier alpha value is -3.00. The lowest BCUT2D eigenvalue weighted by molar-refractivity contribution is -0.150. The van der Waals surface area contributed by atoms with E-state index >= 15 is 0 Å². The summed E-state index contributed by atoms with van der Waals surface area (Å²) in [6, 6.07) is 7.37. The molecule has 0 spiro atoms. The Labute approximate surface area is 134 Å². The van der Waals surface area contributed by atoms with Gasteiger partial charge in [-0.1, -0.05) is 18.2 Å². The highest BCUT2D eigenvalue weighted by atomic mass is 19.2. The van der Waals surface area contributed by atoms with E-state index in [0.29, 0.717) is 12.1 Å². The van der Waals surface area contributed by atoms with Crippen LogP contribution in [0.2, 0.25) is 0 Å². The average molecular weight is 335 g/mol. The van der Waals surface area contributed by atoms with E-state index in [1.165, 1.54) is 12.1 Å². The zero-order chi connectivity index (χ0) is 17.5. The molecule has 8 heteroatoms. The summed E-state index contributed by atoms with van der Waals surface area (Å²) in [5, 5.41) is 21.9. The summed E-state index contributed by atoms with van der Waals surface area (Å²) in [4.78, 5) is 26.5. The number of anilines is 1. The van der Waals surface area contributed by atoms with Crippen LogP contribution in [0, 0.1) is 11.6 Å². The first kappa shape index (κ1) is 15.9. The number of hydrogen-bond acceptors (Lipinski definition) is 6. The molecule has 1 unspecified atom stereocenters. The van der Waals surface area contributed by atoms with Gasteiger partial charge in [-0.25, -0.2) is 18.6 Å². The number of carbonyl (C=O) groups is 2. The first-order valence-corrected chi connectivity index (χ1v) is 6.82. The molecule has 0 radical (unpaired) electrons. The van der Waals surface area contributed by atoms with Gasteiger partial charge < -0.3 is 15.1 Å². The Morgan fingerprint density at radius 1 is 1.21 bits per heavy atom. The van der Waals surface area contributed by atoms with E-state index in [0.717, 1.165) is 5.06 Å². The fraction of sp³-hybridized carbons (Fsp3) is 0.125. The van der Waals surface area contributed by atoms with Crippen LogP contribution in [0.1, 0.15) is 11.1 Å². The summed E-state index contributed by atoms with van der Waals surface area (Å²) in [7, 11) is 0. The number of aliphatic hydroxyl groups is 1. The lowest BCUT2D eigenvalue weighted by atomic mass is 9.87. The van der Waals surface area contributed by atoms with Crippen molar-refractivity contribution in [3.05, 3.63) is 59.2 Å². The highest BCUT2D eigenvalue weighted by molar-refractivity contribution is 6.20. The van der Waals surface area contributed by atoms with Crippen molar-refractivity contribution in [1.29, 1.82) is 0 Å². The van der Waals surface area contributed by atoms with Crippen molar-refractivity contribution in [2.75, 3.05) is 11.6 Å². The van der Waals surface area contributed by atoms with Crippen LogP contribution in [0.3, 0.4) is 0 Å². The Balaban J connectivity index is 2.13. The summed E-state index contributed by atoms with van der Waals surface area (Å²) >= 11 is 0. The number of rotatable bonds is 3. The lowest BCUT2D eigenvalue weighted by Crippen LogP contribution is -2.36. The maximum atomic E-state index is 13.6. The Kier molecular flexibility index (Phi) is 3.69. The van der Waals surface area contributed by atoms with Crippen LogP contribution in [-0.4, -0.2) is 29.0 Å². The van der Waals surface area contributed by atoms with Gasteiger partial charge in [0.1, 0.15) is 11.4 Å². The zero-order valence-electron chi connectivity index (χ0n) is 12.1. The van der Waals surface area contributed by atoms with Crippen molar-refractivity contribution < 1.29 is 33.4 Å².